The Labute approximate surface area is 165 Å². The normalized spacial score (nSPS) is 28.6. The molecule has 28 heavy (non-hydrogen) atoms. The SMILES string of the molecule is O=C(OCC(=O)N1CCC[C@@H]2CCCC[C@@H]21)C1=CC=CN2CCS(=O)(=O)N=C12. The van der Waals surface area contributed by atoms with Crippen molar-refractivity contribution >= 4 is 27.7 Å². The summed E-state index contributed by atoms with van der Waals surface area (Å²) < 4.78 is 32.6. The van der Waals surface area contributed by atoms with Crippen LogP contribution in [-0.4, -0.2) is 67.4 Å². The smallest absolute Gasteiger partial charge is 0.342 e. The van der Waals surface area contributed by atoms with Gasteiger partial charge in [0.1, 0.15) is 5.57 Å². The second-order valence-corrected chi connectivity index (χ2v) is 9.49. The maximum atomic E-state index is 12.7. The second kappa shape index (κ2) is 7.69. The van der Waals surface area contributed by atoms with E-state index >= 15 is 0 Å². The highest BCUT2D eigenvalue weighted by Gasteiger charge is 2.36. The maximum absolute atomic E-state index is 12.7. The van der Waals surface area contributed by atoms with E-state index < -0.39 is 16.0 Å². The van der Waals surface area contributed by atoms with E-state index in [1.54, 1.807) is 17.2 Å². The zero-order chi connectivity index (χ0) is 19.7. The topological polar surface area (TPSA) is 96.4 Å². The largest absolute Gasteiger partial charge is 0.452 e. The van der Waals surface area contributed by atoms with Crippen LogP contribution in [0.4, 0.5) is 0 Å². The number of likely N-dealkylation sites (tertiary alicyclic amines) is 1. The molecule has 1 aliphatic carbocycles. The van der Waals surface area contributed by atoms with Crippen LogP contribution < -0.4 is 0 Å². The summed E-state index contributed by atoms with van der Waals surface area (Å²) in [7, 11) is -3.59. The van der Waals surface area contributed by atoms with Gasteiger partial charge in [-0.2, -0.15) is 0 Å². The van der Waals surface area contributed by atoms with E-state index in [4.69, 9.17) is 4.74 Å². The minimum atomic E-state index is -3.59. The third-order valence-electron chi connectivity index (χ3n) is 5.97. The molecule has 3 heterocycles. The number of carbonyl (C=O) groups excluding carboxylic acids is 2. The number of nitrogens with zero attached hydrogens (tertiary/aromatic N) is 3. The third-order valence-corrected chi connectivity index (χ3v) is 7.12. The molecule has 2 fully saturated rings. The molecule has 9 heteroatoms. The number of piperidine rings is 1. The molecular formula is C19H25N3O5S. The van der Waals surface area contributed by atoms with Gasteiger partial charge in [0.2, 0.25) is 0 Å². The van der Waals surface area contributed by atoms with Crippen LogP contribution in [0.15, 0.2) is 28.3 Å². The average Bonchev–Trinajstić information content (AvgIpc) is 2.70. The second-order valence-electron chi connectivity index (χ2n) is 7.73. The molecule has 0 spiro atoms. The fraction of sp³-hybridized carbons (Fsp3) is 0.632. The van der Waals surface area contributed by atoms with Gasteiger partial charge in [-0.1, -0.05) is 12.8 Å². The molecule has 152 valence electrons. The molecule has 1 saturated carbocycles. The number of allylic oxidation sites excluding steroid dienone is 2. The highest BCUT2D eigenvalue weighted by Crippen LogP contribution is 2.35. The van der Waals surface area contributed by atoms with Crippen molar-refractivity contribution in [1.29, 1.82) is 0 Å². The van der Waals surface area contributed by atoms with Crippen LogP contribution in [-0.2, 0) is 24.3 Å². The lowest BCUT2D eigenvalue weighted by molar-refractivity contribution is -0.152. The fourth-order valence-electron chi connectivity index (χ4n) is 4.60. The summed E-state index contributed by atoms with van der Waals surface area (Å²) in [4.78, 5) is 28.7. The Bertz CT molecular complexity index is 859. The van der Waals surface area contributed by atoms with Gasteiger partial charge in [0, 0.05) is 25.3 Å². The van der Waals surface area contributed by atoms with E-state index in [1.165, 1.54) is 12.5 Å². The fourth-order valence-corrected chi connectivity index (χ4v) is 5.58. The summed E-state index contributed by atoms with van der Waals surface area (Å²) in [5, 5.41) is 0. The van der Waals surface area contributed by atoms with Crippen LogP contribution in [0, 0.1) is 5.92 Å². The highest BCUT2D eigenvalue weighted by molar-refractivity contribution is 7.90. The summed E-state index contributed by atoms with van der Waals surface area (Å²) in [5.74, 6) is -0.373. The molecule has 0 aromatic heterocycles. The van der Waals surface area contributed by atoms with Gasteiger partial charge in [0.25, 0.3) is 15.9 Å². The minimum Gasteiger partial charge on any atom is -0.452 e. The molecule has 3 aliphatic heterocycles. The molecule has 0 radical (unpaired) electrons. The summed E-state index contributed by atoms with van der Waals surface area (Å²) in [6.45, 7) is 0.614. The zero-order valence-corrected chi connectivity index (χ0v) is 16.6. The molecule has 0 aromatic carbocycles. The van der Waals surface area contributed by atoms with E-state index in [0.717, 1.165) is 32.1 Å². The molecule has 4 aliphatic rings. The van der Waals surface area contributed by atoms with E-state index in [9.17, 15) is 18.0 Å². The molecule has 4 rings (SSSR count). The summed E-state index contributed by atoms with van der Waals surface area (Å²) in [6.07, 6.45) is 11.5. The maximum Gasteiger partial charge on any atom is 0.342 e. The quantitative estimate of drug-likeness (QED) is 0.653. The van der Waals surface area contributed by atoms with Gasteiger partial charge >= 0.3 is 5.97 Å². The lowest BCUT2D eigenvalue weighted by Gasteiger charge is -2.44. The molecular weight excluding hydrogens is 382 g/mol. The van der Waals surface area contributed by atoms with Gasteiger partial charge in [0.05, 0.1) is 5.75 Å². The Morgan fingerprint density at radius 1 is 1.14 bits per heavy atom. The number of rotatable bonds is 3. The lowest BCUT2D eigenvalue weighted by atomic mass is 9.78. The number of hydrogen-bond donors (Lipinski definition) is 0. The van der Waals surface area contributed by atoms with Gasteiger partial charge < -0.3 is 14.5 Å². The standard InChI is InChI=1S/C19H25N3O5S/c23-17(22-10-3-6-14-5-1-2-8-16(14)22)13-27-19(24)15-7-4-9-21-11-12-28(25,26)20-18(15)21/h4,7,9,14,16H,1-3,5-6,8,10-13H2/t14-,16-/m0/s1. The van der Waals surface area contributed by atoms with Gasteiger partial charge in [-0.25, -0.2) is 13.2 Å². The number of amides is 1. The van der Waals surface area contributed by atoms with Crippen LogP contribution in [0.25, 0.3) is 0 Å². The zero-order valence-electron chi connectivity index (χ0n) is 15.7. The van der Waals surface area contributed by atoms with E-state index in [0.29, 0.717) is 12.5 Å². The Morgan fingerprint density at radius 2 is 1.93 bits per heavy atom. The Hall–Kier alpha value is -2.16. The first-order valence-electron chi connectivity index (χ1n) is 9.89. The third kappa shape index (κ3) is 3.85. The van der Waals surface area contributed by atoms with Crippen LogP contribution in [0.5, 0.6) is 0 Å². The van der Waals surface area contributed by atoms with Crippen LogP contribution >= 0.6 is 0 Å². The summed E-state index contributed by atoms with van der Waals surface area (Å²) in [6, 6.07) is 0.258. The predicted octanol–water partition coefficient (Wildman–Crippen LogP) is 1.21. The number of sulfonamides is 1. The molecule has 0 N–H and O–H groups in total. The van der Waals surface area contributed by atoms with Gasteiger partial charge in [-0.05, 0) is 43.8 Å². The monoisotopic (exact) mass is 407 g/mol. The van der Waals surface area contributed by atoms with E-state index in [-0.39, 0.29) is 42.3 Å². The molecule has 0 bridgehead atoms. The Kier molecular flexibility index (Phi) is 5.27. The van der Waals surface area contributed by atoms with Crippen LogP contribution in [0.1, 0.15) is 38.5 Å². The number of fused-ring (bicyclic) bond motifs is 2. The van der Waals surface area contributed by atoms with Crippen molar-refractivity contribution in [2.75, 3.05) is 25.4 Å². The number of esters is 1. The molecule has 2 atom stereocenters. The van der Waals surface area contributed by atoms with Crippen molar-refractivity contribution in [1.82, 2.24) is 9.80 Å². The Morgan fingerprint density at radius 3 is 2.79 bits per heavy atom. The molecule has 0 aromatic rings. The molecule has 0 unspecified atom stereocenters. The highest BCUT2D eigenvalue weighted by atomic mass is 32.2. The van der Waals surface area contributed by atoms with Crippen molar-refractivity contribution in [3.8, 4) is 0 Å². The van der Waals surface area contributed by atoms with E-state index in [1.807, 2.05) is 4.90 Å². The first-order chi connectivity index (χ1) is 13.4. The Balaban J connectivity index is 1.41. The van der Waals surface area contributed by atoms with Crippen molar-refractivity contribution in [3.05, 3.63) is 23.9 Å². The number of ether oxygens (including phenoxy) is 1. The van der Waals surface area contributed by atoms with Gasteiger partial charge in [-0.15, -0.1) is 4.40 Å². The van der Waals surface area contributed by atoms with Crippen molar-refractivity contribution in [2.45, 2.75) is 44.6 Å². The minimum absolute atomic E-state index is 0.0627. The number of hydrogen-bond acceptors (Lipinski definition) is 6. The molecule has 1 saturated heterocycles. The van der Waals surface area contributed by atoms with Gasteiger partial charge in [-0.3, -0.25) is 4.79 Å². The van der Waals surface area contributed by atoms with E-state index in [2.05, 4.69) is 4.40 Å². The first-order valence-corrected chi connectivity index (χ1v) is 11.5. The lowest BCUT2D eigenvalue weighted by Crippen LogP contribution is -2.51. The molecule has 8 nitrogen and oxygen atoms in total. The van der Waals surface area contributed by atoms with Gasteiger partial charge in [0.15, 0.2) is 12.4 Å². The number of amidine groups is 1. The predicted molar refractivity (Wildman–Crippen MR) is 103 cm³/mol. The first kappa shape index (κ1) is 19.2. The number of carbonyl (C=O) groups is 2. The summed E-state index contributed by atoms with van der Waals surface area (Å²) >= 11 is 0. The summed E-state index contributed by atoms with van der Waals surface area (Å²) in [5.41, 5.74) is 0.0627. The van der Waals surface area contributed by atoms with Crippen molar-refractivity contribution in [2.24, 2.45) is 10.3 Å². The molecule has 1 amide bonds. The van der Waals surface area contributed by atoms with Crippen molar-refractivity contribution in [3.63, 3.8) is 0 Å². The van der Waals surface area contributed by atoms with Crippen LogP contribution in [0.3, 0.4) is 0 Å². The van der Waals surface area contributed by atoms with Crippen molar-refractivity contribution < 1.29 is 22.7 Å². The van der Waals surface area contributed by atoms with Crippen LogP contribution in [0.2, 0.25) is 0 Å². The average molecular weight is 407 g/mol.